The van der Waals surface area contributed by atoms with Crippen molar-refractivity contribution in [1.82, 2.24) is 29.8 Å². The van der Waals surface area contributed by atoms with Crippen LogP contribution in [0.25, 0.3) is 5.78 Å². The van der Waals surface area contributed by atoms with Crippen LogP contribution >= 0.6 is 11.8 Å². The summed E-state index contributed by atoms with van der Waals surface area (Å²) in [7, 11) is 0. The van der Waals surface area contributed by atoms with Gasteiger partial charge in [-0.3, -0.25) is 4.79 Å². The Bertz CT molecular complexity index is 821. The minimum Gasteiger partial charge on any atom is -0.356 e. The van der Waals surface area contributed by atoms with Crippen molar-refractivity contribution < 1.29 is 4.79 Å². The van der Waals surface area contributed by atoms with Crippen LogP contribution in [-0.4, -0.2) is 62.3 Å². The van der Waals surface area contributed by atoms with Gasteiger partial charge in [-0.1, -0.05) is 18.2 Å². The average Bonchev–Trinajstić information content (AvgIpc) is 3.09. The first-order valence-electron chi connectivity index (χ1n) is 10.3. The molecule has 3 rings (SSSR count). The highest BCUT2D eigenvalue weighted by Gasteiger charge is 2.18. The molecule has 1 N–H and O–H groups in total. The number of unbranched alkanes of at least 4 members (excludes halogenated alkanes) is 1. The molecule has 2 aromatic heterocycles. The quantitative estimate of drug-likeness (QED) is 0.539. The average molecular weight is 405 g/mol. The third-order valence-corrected chi connectivity index (χ3v) is 6.22. The highest BCUT2D eigenvalue weighted by molar-refractivity contribution is 7.98. The monoisotopic (exact) mass is 404 g/mol. The van der Waals surface area contributed by atoms with Gasteiger partial charge in [0.05, 0.1) is 6.42 Å². The third-order valence-electron chi connectivity index (χ3n) is 5.68. The van der Waals surface area contributed by atoms with Gasteiger partial charge in [0.2, 0.25) is 11.1 Å². The van der Waals surface area contributed by atoms with E-state index in [-0.39, 0.29) is 5.91 Å². The molecule has 3 heterocycles. The van der Waals surface area contributed by atoms with Gasteiger partial charge in [0.25, 0.3) is 5.78 Å². The molecule has 0 aromatic carbocycles. The largest absolute Gasteiger partial charge is 0.356 e. The summed E-state index contributed by atoms with van der Waals surface area (Å²) in [6.45, 7) is 9.33. The van der Waals surface area contributed by atoms with Crippen LogP contribution in [0.1, 0.15) is 56.0 Å². The number of amides is 1. The molecule has 28 heavy (non-hydrogen) atoms. The maximum Gasteiger partial charge on any atom is 0.253 e. The van der Waals surface area contributed by atoms with E-state index in [0.29, 0.717) is 23.4 Å². The number of carbonyl (C=O) groups excluding carboxylic acids is 1. The van der Waals surface area contributed by atoms with Gasteiger partial charge in [0.1, 0.15) is 0 Å². The summed E-state index contributed by atoms with van der Waals surface area (Å²) in [5.41, 5.74) is 2.72. The van der Waals surface area contributed by atoms with E-state index >= 15 is 0 Å². The maximum atomic E-state index is 12.4. The Morgan fingerprint density at radius 1 is 1.25 bits per heavy atom. The number of carbonyl (C=O) groups is 1. The molecule has 0 spiro atoms. The van der Waals surface area contributed by atoms with Crippen molar-refractivity contribution >= 4 is 23.4 Å². The number of piperidine rings is 1. The molecule has 7 nitrogen and oxygen atoms in total. The summed E-state index contributed by atoms with van der Waals surface area (Å²) in [6.07, 6.45) is 8.42. The fourth-order valence-corrected chi connectivity index (χ4v) is 4.25. The van der Waals surface area contributed by atoms with Crippen LogP contribution in [-0.2, 0) is 11.2 Å². The molecule has 1 unspecified atom stereocenters. The van der Waals surface area contributed by atoms with E-state index < -0.39 is 0 Å². The Hall–Kier alpha value is -1.67. The first kappa shape index (κ1) is 21.0. The van der Waals surface area contributed by atoms with Gasteiger partial charge in [-0.05, 0) is 65.8 Å². The molecule has 1 aliphatic rings. The summed E-state index contributed by atoms with van der Waals surface area (Å²) < 4.78 is 1.74. The molecule has 0 bridgehead atoms. The molecule has 1 amide bonds. The molecule has 8 heteroatoms. The Balaban J connectivity index is 1.48. The predicted molar refractivity (Wildman–Crippen MR) is 113 cm³/mol. The molecule has 0 radical (unpaired) electrons. The van der Waals surface area contributed by atoms with E-state index in [1.54, 1.807) is 4.52 Å². The zero-order chi connectivity index (χ0) is 20.1. The molecular weight excluding hydrogens is 372 g/mol. The second kappa shape index (κ2) is 9.69. The molecular formula is C20H32N6OS. The zero-order valence-corrected chi connectivity index (χ0v) is 18.3. The minimum absolute atomic E-state index is 0.0453. The smallest absolute Gasteiger partial charge is 0.253 e. The van der Waals surface area contributed by atoms with Gasteiger partial charge in [0.15, 0.2) is 0 Å². The van der Waals surface area contributed by atoms with Crippen LogP contribution in [0.15, 0.2) is 5.16 Å². The number of rotatable bonds is 8. The Morgan fingerprint density at radius 2 is 2.07 bits per heavy atom. The SMILES string of the molecule is CSc1nc2nc(C)c(CC(=O)NCCCCN3CCCCC3C)c(C)n2n1. The number of hydrogen-bond acceptors (Lipinski definition) is 6. The van der Waals surface area contributed by atoms with Crippen molar-refractivity contribution in [3.8, 4) is 0 Å². The topological polar surface area (TPSA) is 75.4 Å². The van der Waals surface area contributed by atoms with Crippen LogP contribution in [0.2, 0.25) is 0 Å². The third kappa shape index (κ3) is 5.03. The normalized spacial score (nSPS) is 17.9. The van der Waals surface area contributed by atoms with Gasteiger partial charge in [-0.15, -0.1) is 5.10 Å². The number of nitrogens with one attached hydrogen (secondary N) is 1. The van der Waals surface area contributed by atoms with Crippen LogP contribution in [0.3, 0.4) is 0 Å². The van der Waals surface area contributed by atoms with E-state index in [1.807, 2.05) is 20.1 Å². The van der Waals surface area contributed by atoms with Crippen molar-refractivity contribution in [3.05, 3.63) is 17.0 Å². The molecule has 0 aliphatic carbocycles. The van der Waals surface area contributed by atoms with Crippen molar-refractivity contribution in [2.75, 3.05) is 25.9 Å². The van der Waals surface area contributed by atoms with Gasteiger partial charge in [-0.25, -0.2) is 9.50 Å². The Morgan fingerprint density at radius 3 is 2.82 bits per heavy atom. The Labute approximate surface area is 171 Å². The lowest BCUT2D eigenvalue weighted by Crippen LogP contribution is -2.38. The first-order valence-corrected chi connectivity index (χ1v) is 11.5. The van der Waals surface area contributed by atoms with Crippen molar-refractivity contribution in [3.63, 3.8) is 0 Å². The second-order valence-electron chi connectivity index (χ2n) is 7.69. The predicted octanol–water partition coefficient (Wildman–Crippen LogP) is 2.78. The standard InChI is InChI=1S/C20H32N6OS/c1-14-9-5-7-11-25(14)12-8-6-10-21-18(27)13-17-15(2)22-19-23-20(28-4)24-26(19)16(17)3/h14H,5-13H2,1-4H3,(H,21,27). The van der Waals surface area contributed by atoms with E-state index in [2.05, 4.69) is 32.2 Å². The first-order chi connectivity index (χ1) is 13.5. The summed E-state index contributed by atoms with van der Waals surface area (Å²) in [5.74, 6) is 0.638. The number of fused-ring (bicyclic) bond motifs is 1. The van der Waals surface area contributed by atoms with E-state index in [9.17, 15) is 4.79 Å². The lowest BCUT2D eigenvalue weighted by Gasteiger charge is -2.33. The molecule has 1 aliphatic heterocycles. The number of likely N-dealkylation sites (tertiary alicyclic amines) is 1. The van der Waals surface area contributed by atoms with Gasteiger partial charge < -0.3 is 10.2 Å². The van der Waals surface area contributed by atoms with Gasteiger partial charge in [-0.2, -0.15) is 4.98 Å². The number of thioether (sulfide) groups is 1. The van der Waals surface area contributed by atoms with Crippen molar-refractivity contribution in [1.29, 1.82) is 0 Å². The molecule has 1 atom stereocenters. The zero-order valence-electron chi connectivity index (χ0n) is 17.5. The van der Waals surface area contributed by atoms with Crippen molar-refractivity contribution in [2.24, 2.45) is 0 Å². The van der Waals surface area contributed by atoms with Gasteiger partial charge in [0, 0.05) is 29.5 Å². The molecule has 1 fully saturated rings. The highest BCUT2D eigenvalue weighted by Crippen LogP contribution is 2.18. The second-order valence-corrected chi connectivity index (χ2v) is 8.46. The highest BCUT2D eigenvalue weighted by atomic mass is 32.2. The van der Waals surface area contributed by atoms with E-state index in [4.69, 9.17) is 0 Å². The fourth-order valence-electron chi connectivity index (χ4n) is 3.91. The van der Waals surface area contributed by atoms with Gasteiger partial charge >= 0.3 is 0 Å². The van der Waals surface area contributed by atoms with E-state index in [0.717, 1.165) is 42.9 Å². The van der Waals surface area contributed by atoms with E-state index in [1.165, 1.54) is 37.6 Å². The number of aryl methyl sites for hydroxylation is 2. The molecule has 2 aromatic rings. The number of hydrogen-bond donors (Lipinski definition) is 1. The van der Waals surface area contributed by atoms with Crippen LogP contribution < -0.4 is 5.32 Å². The summed E-state index contributed by atoms with van der Waals surface area (Å²) in [5, 5.41) is 8.20. The summed E-state index contributed by atoms with van der Waals surface area (Å²) in [4.78, 5) is 23.9. The lowest BCUT2D eigenvalue weighted by molar-refractivity contribution is -0.120. The molecule has 154 valence electrons. The number of aromatic nitrogens is 4. The van der Waals surface area contributed by atoms with Crippen LogP contribution in [0.4, 0.5) is 0 Å². The Kier molecular flexibility index (Phi) is 7.29. The van der Waals surface area contributed by atoms with Crippen LogP contribution in [0.5, 0.6) is 0 Å². The summed E-state index contributed by atoms with van der Waals surface area (Å²) in [6, 6.07) is 0.708. The molecule has 0 saturated carbocycles. The van der Waals surface area contributed by atoms with Crippen molar-refractivity contribution in [2.45, 2.75) is 70.5 Å². The number of nitrogens with zero attached hydrogens (tertiary/aromatic N) is 5. The molecule has 1 saturated heterocycles. The fraction of sp³-hybridized carbons (Fsp3) is 0.700. The lowest BCUT2D eigenvalue weighted by atomic mass is 10.0. The maximum absolute atomic E-state index is 12.4. The minimum atomic E-state index is 0.0453. The van der Waals surface area contributed by atoms with Crippen LogP contribution in [0, 0.1) is 13.8 Å². The summed E-state index contributed by atoms with van der Waals surface area (Å²) >= 11 is 1.49.